The lowest BCUT2D eigenvalue weighted by molar-refractivity contribution is 0.669. The minimum absolute atomic E-state index is 0.388. The van der Waals surface area contributed by atoms with Crippen molar-refractivity contribution >= 4 is 22.4 Å². The van der Waals surface area contributed by atoms with Crippen LogP contribution >= 0.6 is 0 Å². The zero-order valence-electron chi connectivity index (χ0n) is 17.9. The summed E-state index contributed by atoms with van der Waals surface area (Å²) in [6.07, 6.45) is 1.85. The highest BCUT2D eigenvalue weighted by atomic mass is 16.2. The van der Waals surface area contributed by atoms with Crippen LogP contribution in [0.3, 0.4) is 0 Å². The predicted octanol–water partition coefficient (Wildman–Crippen LogP) is 3.37. The highest BCUT2D eigenvalue weighted by Crippen LogP contribution is 2.43. The molecule has 1 aliphatic rings. The minimum atomic E-state index is -0.606. The molecule has 1 aliphatic heterocycles. The topological polar surface area (TPSA) is 95.6 Å². The fraction of sp³-hybridized carbons (Fsp3) is 0.160. The van der Waals surface area contributed by atoms with E-state index in [0.717, 1.165) is 32.2 Å². The van der Waals surface area contributed by atoms with Crippen molar-refractivity contribution in [2.45, 2.75) is 12.8 Å². The van der Waals surface area contributed by atoms with E-state index in [1.54, 1.807) is 7.05 Å². The third-order valence-electron chi connectivity index (χ3n) is 6.18. The van der Waals surface area contributed by atoms with Crippen molar-refractivity contribution in [1.29, 1.82) is 5.26 Å². The first-order valence-corrected chi connectivity index (χ1v) is 10.3. The maximum Gasteiger partial charge on any atom is 0.332 e. The van der Waals surface area contributed by atoms with E-state index in [0.29, 0.717) is 22.7 Å². The normalized spacial score (nSPS) is 15.4. The summed E-state index contributed by atoms with van der Waals surface area (Å²) in [5.41, 5.74) is 4.22. The van der Waals surface area contributed by atoms with Gasteiger partial charge in [-0.15, -0.1) is 0 Å². The highest BCUT2D eigenvalue weighted by molar-refractivity contribution is 5.98. The lowest BCUT2D eigenvalue weighted by Crippen LogP contribution is -2.42. The number of fused-ring (bicyclic) bond motifs is 2. The van der Waals surface area contributed by atoms with Gasteiger partial charge in [-0.1, -0.05) is 48.0 Å². The van der Waals surface area contributed by atoms with Crippen LogP contribution in [0.1, 0.15) is 28.2 Å². The van der Waals surface area contributed by atoms with E-state index in [-0.39, 0.29) is 0 Å². The summed E-state index contributed by atoms with van der Waals surface area (Å²) in [6.45, 7) is 1.99. The SMILES string of the molecule is Cc1ccc(C2C(C#N)=C(c3c[nH]c4ccccc34)Nc3c2c(=O)n(C)c(=O)n3C)cc1. The third-order valence-corrected chi connectivity index (χ3v) is 6.18. The first-order chi connectivity index (χ1) is 15.4. The van der Waals surface area contributed by atoms with E-state index in [1.807, 2.05) is 61.7 Å². The van der Waals surface area contributed by atoms with E-state index in [2.05, 4.69) is 16.4 Å². The van der Waals surface area contributed by atoms with E-state index in [4.69, 9.17) is 0 Å². The molecule has 2 aromatic carbocycles. The lowest BCUT2D eigenvalue weighted by atomic mass is 9.81. The molecule has 1 atom stereocenters. The van der Waals surface area contributed by atoms with E-state index < -0.39 is 17.2 Å². The van der Waals surface area contributed by atoms with Gasteiger partial charge in [-0.05, 0) is 18.6 Å². The molecule has 0 amide bonds. The third kappa shape index (κ3) is 2.73. The van der Waals surface area contributed by atoms with Gasteiger partial charge in [0.15, 0.2) is 0 Å². The molecule has 0 radical (unpaired) electrons. The molecule has 5 rings (SSSR count). The Morgan fingerprint density at radius 1 is 1.00 bits per heavy atom. The van der Waals surface area contributed by atoms with Crippen LogP contribution in [0.2, 0.25) is 0 Å². The van der Waals surface area contributed by atoms with Crippen LogP contribution in [0.5, 0.6) is 0 Å². The second-order valence-corrected chi connectivity index (χ2v) is 8.09. The molecule has 0 saturated heterocycles. The molecule has 0 saturated carbocycles. The van der Waals surface area contributed by atoms with Gasteiger partial charge >= 0.3 is 5.69 Å². The number of aromatic nitrogens is 3. The van der Waals surface area contributed by atoms with Crippen molar-refractivity contribution in [2.75, 3.05) is 5.32 Å². The maximum absolute atomic E-state index is 13.3. The second-order valence-electron chi connectivity index (χ2n) is 8.09. The van der Waals surface area contributed by atoms with Gasteiger partial charge in [0.25, 0.3) is 5.56 Å². The van der Waals surface area contributed by atoms with Gasteiger partial charge in [0, 0.05) is 36.8 Å². The standard InChI is InChI=1S/C25H21N5O2/c1-14-8-10-15(11-9-14)20-17(12-26)22(18-13-27-19-7-5-4-6-16(18)19)28-23-21(20)24(31)30(3)25(32)29(23)2/h4-11,13,20,27-28H,1-3H3. The Hall–Kier alpha value is -4.31. The quantitative estimate of drug-likeness (QED) is 0.517. The zero-order valence-corrected chi connectivity index (χ0v) is 17.9. The number of allylic oxidation sites excluding steroid dienone is 1. The van der Waals surface area contributed by atoms with Crippen molar-refractivity contribution in [3.8, 4) is 6.07 Å². The van der Waals surface area contributed by atoms with Crippen molar-refractivity contribution in [1.82, 2.24) is 14.1 Å². The van der Waals surface area contributed by atoms with Crippen LogP contribution in [0.15, 0.2) is 69.9 Å². The summed E-state index contributed by atoms with van der Waals surface area (Å²) in [6, 6.07) is 18.0. The Balaban J connectivity index is 1.89. The Bertz CT molecular complexity index is 1580. The number of anilines is 1. The monoisotopic (exact) mass is 423 g/mol. The zero-order chi connectivity index (χ0) is 22.6. The van der Waals surface area contributed by atoms with Crippen molar-refractivity contribution in [3.63, 3.8) is 0 Å². The number of nitrogens with zero attached hydrogens (tertiary/aromatic N) is 3. The Labute approximate surface area is 183 Å². The predicted molar refractivity (Wildman–Crippen MR) is 124 cm³/mol. The van der Waals surface area contributed by atoms with Gasteiger partial charge in [-0.3, -0.25) is 13.9 Å². The molecular weight excluding hydrogens is 402 g/mol. The van der Waals surface area contributed by atoms with E-state index in [9.17, 15) is 14.9 Å². The molecule has 3 heterocycles. The largest absolute Gasteiger partial charge is 0.360 e. The molecule has 4 aromatic rings. The summed E-state index contributed by atoms with van der Waals surface area (Å²) in [7, 11) is 3.09. The second kappa shape index (κ2) is 7.13. The van der Waals surface area contributed by atoms with Crippen LogP contribution < -0.4 is 16.6 Å². The Kier molecular flexibility index (Phi) is 4.38. The van der Waals surface area contributed by atoms with Gasteiger partial charge in [-0.2, -0.15) is 5.26 Å². The fourth-order valence-electron chi connectivity index (χ4n) is 4.46. The number of nitriles is 1. The average Bonchev–Trinajstić information content (AvgIpc) is 3.24. The Morgan fingerprint density at radius 2 is 1.72 bits per heavy atom. The van der Waals surface area contributed by atoms with Gasteiger partial charge in [0.1, 0.15) is 5.82 Å². The molecule has 158 valence electrons. The number of rotatable bonds is 2. The molecule has 2 aromatic heterocycles. The smallest absolute Gasteiger partial charge is 0.332 e. The highest BCUT2D eigenvalue weighted by Gasteiger charge is 2.35. The maximum atomic E-state index is 13.3. The van der Waals surface area contributed by atoms with Crippen molar-refractivity contribution < 1.29 is 0 Å². The van der Waals surface area contributed by atoms with Gasteiger partial charge in [0.2, 0.25) is 0 Å². The van der Waals surface area contributed by atoms with Crippen molar-refractivity contribution in [2.24, 2.45) is 14.1 Å². The molecule has 0 aliphatic carbocycles. The fourth-order valence-corrected chi connectivity index (χ4v) is 4.46. The number of nitrogens with one attached hydrogen (secondary N) is 2. The van der Waals surface area contributed by atoms with Crippen LogP contribution in [0.4, 0.5) is 5.82 Å². The summed E-state index contributed by atoms with van der Waals surface area (Å²) >= 11 is 0. The van der Waals surface area contributed by atoms with Crippen LogP contribution in [0.25, 0.3) is 16.6 Å². The Morgan fingerprint density at radius 3 is 2.44 bits per heavy atom. The lowest BCUT2D eigenvalue weighted by Gasteiger charge is -2.30. The van der Waals surface area contributed by atoms with E-state index in [1.165, 1.54) is 11.6 Å². The number of hydrogen-bond donors (Lipinski definition) is 2. The summed E-state index contributed by atoms with van der Waals surface area (Å²) in [5, 5.41) is 14.5. The van der Waals surface area contributed by atoms with Crippen LogP contribution in [0, 0.1) is 18.3 Å². The summed E-state index contributed by atoms with van der Waals surface area (Å²) in [4.78, 5) is 29.2. The number of H-pyrrole nitrogens is 1. The first-order valence-electron chi connectivity index (χ1n) is 10.3. The number of benzene rings is 2. The number of aryl methyl sites for hydroxylation is 1. The molecule has 2 N–H and O–H groups in total. The summed E-state index contributed by atoms with van der Waals surface area (Å²) < 4.78 is 2.52. The van der Waals surface area contributed by atoms with Gasteiger partial charge < -0.3 is 10.3 Å². The number of hydrogen-bond acceptors (Lipinski definition) is 4. The molecule has 7 nitrogen and oxygen atoms in total. The van der Waals surface area contributed by atoms with E-state index >= 15 is 0 Å². The van der Waals surface area contributed by atoms with Crippen LogP contribution in [-0.4, -0.2) is 14.1 Å². The molecule has 1 unspecified atom stereocenters. The molecule has 32 heavy (non-hydrogen) atoms. The first kappa shape index (κ1) is 19.6. The molecular formula is C25H21N5O2. The van der Waals surface area contributed by atoms with Gasteiger partial charge in [0.05, 0.1) is 28.8 Å². The molecule has 0 bridgehead atoms. The molecule has 7 heteroatoms. The number of aromatic amines is 1. The molecule has 0 fully saturated rings. The van der Waals surface area contributed by atoms with Crippen molar-refractivity contribution in [3.05, 3.63) is 103 Å². The minimum Gasteiger partial charge on any atom is -0.360 e. The van der Waals surface area contributed by atoms with Gasteiger partial charge in [-0.25, -0.2) is 4.79 Å². The summed E-state index contributed by atoms with van der Waals surface area (Å²) in [5.74, 6) is -0.200. The average molecular weight is 423 g/mol. The molecule has 0 spiro atoms. The van der Waals surface area contributed by atoms with Crippen LogP contribution in [-0.2, 0) is 14.1 Å². The number of para-hydroxylation sites is 1.